The van der Waals surface area contributed by atoms with Gasteiger partial charge in [0.25, 0.3) is 0 Å². The van der Waals surface area contributed by atoms with E-state index in [0.717, 1.165) is 11.3 Å². The van der Waals surface area contributed by atoms with Gasteiger partial charge in [-0.25, -0.2) is 0 Å². The zero-order valence-electron chi connectivity index (χ0n) is 21.6. The maximum Gasteiger partial charge on any atom is 0.203 e. The number of carbonyl (C=O) groups is 3. The van der Waals surface area contributed by atoms with Crippen LogP contribution >= 0.6 is 0 Å². The van der Waals surface area contributed by atoms with Crippen molar-refractivity contribution in [1.29, 1.82) is 0 Å². The number of rotatable bonds is 5. The second-order valence-electron chi connectivity index (χ2n) is 9.80. The van der Waals surface area contributed by atoms with Gasteiger partial charge in [0.15, 0.2) is 28.8 Å². The highest BCUT2D eigenvalue weighted by Crippen LogP contribution is 2.62. The number of ketones is 3. The van der Waals surface area contributed by atoms with Gasteiger partial charge in [0.05, 0.1) is 33.4 Å². The molecular weight excluding hydrogens is 482 g/mol. The first-order valence-corrected chi connectivity index (χ1v) is 12.4. The Morgan fingerprint density at radius 3 is 2.05 bits per heavy atom. The number of methoxy groups -OCH3 is 3. The van der Waals surface area contributed by atoms with Crippen LogP contribution < -0.4 is 19.1 Å². The molecule has 0 amide bonds. The molecule has 1 fully saturated rings. The molecule has 0 bridgehead atoms. The van der Waals surface area contributed by atoms with Crippen LogP contribution in [0.25, 0.3) is 6.08 Å². The van der Waals surface area contributed by atoms with Crippen molar-refractivity contribution in [2.45, 2.75) is 24.9 Å². The van der Waals surface area contributed by atoms with Crippen molar-refractivity contribution in [3.63, 3.8) is 0 Å². The third-order valence-corrected chi connectivity index (χ3v) is 8.20. The molecule has 6 rings (SSSR count). The van der Waals surface area contributed by atoms with E-state index in [1.54, 1.807) is 36.4 Å². The van der Waals surface area contributed by atoms with E-state index in [1.807, 2.05) is 41.3 Å². The lowest BCUT2D eigenvalue weighted by atomic mass is 9.64. The molecule has 7 nitrogen and oxygen atoms in total. The minimum Gasteiger partial charge on any atom is -0.493 e. The Kier molecular flexibility index (Phi) is 5.42. The number of carbonyl (C=O) groups excluding carboxylic acids is 3. The maximum atomic E-state index is 14.5. The van der Waals surface area contributed by atoms with E-state index < -0.39 is 23.4 Å². The molecule has 0 unspecified atom stereocenters. The summed E-state index contributed by atoms with van der Waals surface area (Å²) in [7, 11) is 4.52. The number of ether oxygens (including phenoxy) is 3. The molecule has 0 aromatic heterocycles. The second kappa shape index (κ2) is 8.58. The highest BCUT2D eigenvalue weighted by atomic mass is 16.5. The quantitative estimate of drug-likeness (QED) is 0.460. The summed E-state index contributed by atoms with van der Waals surface area (Å²) in [5, 5.41) is 0. The average Bonchev–Trinajstić information content (AvgIpc) is 3.38. The Morgan fingerprint density at radius 1 is 0.816 bits per heavy atom. The summed E-state index contributed by atoms with van der Waals surface area (Å²) >= 11 is 0. The van der Waals surface area contributed by atoms with Crippen molar-refractivity contribution >= 4 is 29.1 Å². The van der Waals surface area contributed by atoms with E-state index in [9.17, 15) is 14.4 Å². The Labute approximate surface area is 220 Å². The topological polar surface area (TPSA) is 82.1 Å². The van der Waals surface area contributed by atoms with E-state index in [2.05, 4.69) is 0 Å². The summed E-state index contributed by atoms with van der Waals surface area (Å²) in [6.07, 6.45) is 3.83. The number of nitrogens with zero attached hydrogens (tertiary/aromatic N) is 1. The lowest BCUT2D eigenvalue weighted by molar-refractivity contribution is -0.118. The molecular formula is C31H27NO6. The smallest absolute Gasteiger partial charge is 0.203 e. The molecule has 3 aromatic rings. The number of para-hydroxylation sites is 1. The van der Waals surface area contributed by atoms with Crippen LogP contribution in [0.1, 0.15) is 44.7 Å². The molecule has 0 saturated carbocycles. The van der Waals surface area contributed by atoms with Crippen molar-refractivity contribution < 1.29 is 28.6 Å². The molecule has 1 spiro atoms. The molecule has 3 atom stereocenters. The molecule has 38 heavy (non-hydrogen) atoms. The first-order valence-electron chi connectivity index (χ1n) is 12.4. The van der Waals surface area contributed by atoms with Gasteiger partial charge in [0.1, 0.15) is 5.41 Å². The van der Waals surface area contributed by atoms with Crippen molar-refractivity contribution in [3.8, 4) is 17.2 Å². The van der Waals surface area contributed by atoms with Gasteiger partial charge < -0.3 is 19.1 Å². The molecule has 0 radical (unpaired) electrons. The van der Waals surface area contributed by atoms with Gasteiger partial charge in [-0.15, -0.1) is 0 Å². The Balaban J connectivity index is 1.72. The molecule has 1 aliphatic carbocycles. The van der Waals surface area contributed by atoms with Gasteiger partial charge in [-0.05, 0) is 24.6 Å². The van der Waals surface area contributed by atoms with Gasteiger partial charge in [-0.2, -0.15) is 0 Å². The molecule has 192 valence electrons. The molecule has 3 aliphatic rings. The lowest BCUT2D eigenvalue weighted by Crippen LogP contribution is -2.48. The van der Waals surface area contributed by atoms with Crippen molar-refractivity contribution in [2.75, 3.05) is 26.2 Å². The number of Topliss-reactive ketones (excluding diaryl/α,β-unsaturated/α-hetero) is 3. The highest BCUT2D eigenvalue weighted by molar-refractivity contribution is 6.32. The van der Waals surface area contributed by atoms with Crippen molar-refractivity contribution in [3.05, 3.63) is 89.0 Å². The Hall–Kier alpha value is -4.39. The largest absolute Gasteiger partial charge is 0.493 e. The van der Waals surface area contributed by atoms with Crippen LogP contribution in [0.2, 0.25) is 0 Å². The summed E-state index contributed by atoms with van der Waals surface area (Å²) in [5.41, 5.74) is 1.42. The van der Waals surface area contributed by atoms with Crippen LogP contribution in [0.4, 0.5) is 5.69 Å². The number of hydrogen-bond acceptors (Lipinski definition) is 7. The number of benzene rings is 3. The Bertz CT molecular complexity index is 1500. The van der Waals surface area contributed by atoms with Crippen molar-refractivity contribution in [1.82, 2.24) is 0 Å². The van der Waals surface area contributed by atoms with Crippen LogP contribution in [0, 0.1) is 5.41 Å². The van der Waals surface area contributed by atoms with Gasteiger partial charge in [-0.1, -0.05) is 60.7 Å². The maximum absolute atomic E-state index is 14.5. The van der Waals surface area contributed by atoms with E-state index in [1.165, 1.54) is 28.3 Å². The first kappa shape index (κ1) is 24.0. The van der Waals surface area contributed by atoms with Gasteiger partial charge in [0.2, 0.25) is 5.75 Å². The number of fused-ring (bicyclic) bond motifs is 5. The van der Waals surface area contributed by atoms with Crippen LogP contribution in [-0.2, 0) is 4.79 Å². The van der Waals surface area contributed by atoms with E-state index in [-0.39, 0.29) is 17.3 Å². The van der Waals surface area contributed by atoms with Gasteiger partial charge in [-0.3, -0.25) is 14.4 Å². The monoisotopic (exact) mass is 509 g/mol. The molecule has 7 heteroatoms. The van der Waals surface area contributed by atoms with Crippen LogP contribution in [0.15, 0.2) is 66.7 Å². The minimum absolute atomic E-state index is 0.157. The van der Waals surface area contributed by atoms with Crippen LogP contribution in [-0.4, -0.2) is 50.8 Å². The molecule has 1 saturated heterocycles. The van der Waals surface area contributed by atoms with Crippen molar-refractivity contribution in [2.24, 2.45) is 5.41 Å². The van der Waals surface area contributed by atoms with Crippen LogP contribution in [0.3, 0.4) is 0 Å². The van der Waals surface area contributed by atoms with E-state index >= 15 is 0 Å². The fourth-order valence-electron chi connectivity index (χ4n) is 6.78. The first-order chi connectivity index (χ1) is 18.4. The normalized spacial score (nSPS) is 22.2. The molecule has 2 aliphatic heterocycles. The summed E-state index contributed by atoms with van der Waals surface area (Å²) in [6.45, 7) is 1.51. The zero-order valence-corrected chi connectivity index (χ0v) is 21.6. The summed E-state index contributed by atoms with van der Waals surface area (Å²) in [4.78, 5) is 44.6. The standard InChI is InChI=1S/C31H27NO6/c1-17(33)26-25(21-14-15-23(36-2)28(38-4)27(21)37-3)31(29(34)19-10-6-7-11-20(19)30(31)35)24-16-13-18-9-5-8-12-22(18)32(24)26/h5-16,24-26H,1-4H3/t24-,25-,26-/m0/s1. The highest BCUT2D eigenvalue weighted by Gasteiger charge is 2.71. The third kappa shape index (κ3) is 2.87. The van der Waals surface area contributed by atoms with Gasteiger partial charge >= 0.3 is 0 Å². The molecule has 3 aromatic carbocycles. The third-order valence-electron chi connectivity index (χ3n) is 8.20. The summed E-state index contributed by atoms with van der Waals surface area (Å²) in [6, 6.07) is 16.6. The summed E-state index contributed by atoms with van der Waals surface area (Å²) in [5.74, 6) is -0.490. The second-order valence-corrected chi connectivity index (χ2v) is 9.80. The predicted molar refractivity (Wildman–Crippen MR) is 143 cm³/mol. The fourth-order valence-corrected chi connectivity index (χ4v) is 6.78. The molecule has 2 heterocycles. The Morgan fingerprint density at radius 2 is 1.45 bits per heavy atom. The number of hydrogen-bond donors (Lipinski definition) is 0. The van der Waals surface area contributed by atoms with E-state index in [0.29, 0.717) is 33.9 Å². The fraction of sp³-hybridized carbons (Fsp3) is 0.258. The molecule has 0 N–H and O–H groups in total. The van der Waals surface area contributed by atoms with Crippen LogP contribution in [0.5, 0.6) is 17.2 Å². The SMILES string of the molecule is COc1ccc([C@H]2[C@H](C(C)=O)N3c4ccccc4C=C[C@H]3C23C(=O)c2ccccc2C3=O)c(OC)c1OC. The number of anilines is 1. The van der Waals surface area contributed by atoms with E-state index in [4.69, 9.17) is 14.2 Å². The lowest BCUT2D eigenvalue weighted by Gasteiger charge is -2.37. The van der Waals surface area contributed by atoms with Gasteiger partial charge in [0, 0.05) is 28.3 Å². The predicted octanol–water partition coefficient (Wildman–Crippen LogP) is 4.73. The average molecular weight is 510 g/mol. The summed E-state index contributed by atoms with van der Waals surface area (Å²) < 4.78 is 17.0. The minimum atomic E-state index is -1.59. The zero-order chi connectivity index (χ0) is 26.8.